The maximum absolute atomic E-state index is 11.1. The first-order valence-electron chi connectivity index (χ1n) is 3.77. The van der Waals surface area contributed by atoms with Crippen molar-refractivity contribution in [3.05, 3.63) is 0 Å². The molecule has 0 aromatic rings. The molecule has 2 N–H and O–H groups in total. The van der Waals surface area contributed by atoms with Crippen molar-refractivity contribution in [3.8, 4) is 6.07 Å². The number of β-amino-alcohol motifs (C(OH)–C–C–N with tert-alkyl or cyclic N) is 1. The number of hydrogen-bond donors (Lipinski definition) is 2. The minimum absolute atomic E-state index is 0.180. The van der Waals surface area contributed by atoms with Gasteiger partial charge in [0, 0.05) is 13.1 Å². The topological polar surface area (TPSA) is 93.4 Å². The summed E-state index contributed by atoms with van der Waals surface area (Å²) in [6.45, 7) is 0.207. The third-order valence-electron chi connectivity index (χ3n) is 1.67. The summed E-state index contributed by atoms with van der Waals surface area (Å²) in [4.78, 5) is 23.2. The molecule has 1 saturated heterocycles. The molecule has 1 fully saturated rings. The van der Waals surface area contributed by atoms with Crippen molar-refractivity contribution in [1.29, 1.82) is 5.26 Å². The molecule has 0 aliphatic carbocycles. The lowest BCUT2D eigenvalue weighted by Gasteiger charge is -2.34. The van der Waals surface area contributed by atoms with Gasteiger partial charge in [-0.2, -0.15) is 5.26 Å². The van der Waals surface area contributed by atoms with Crippen LogP contribution >= 0.6 is 0 Å². The summed E-state index contributed by atoms with van der Waals surface area (Å²) in [5.41, 5.74) is 0. The minimum atomic E-state index is -0.798. The van der Waals surface area contributed by atoms with E-state index in [4.69, 9.17) is 10.4 Å². The first-order valence-corrected chi connectivity index (χ1v) is 3.77. The van der Waals surface area contributed by atoms with Gasteiger partial charge in [0.25, 0.3) is 0 Å². The van der Waals surface area contributed by atoms with Crippen molar-refractivity contribution in [3.63, 3.8) is 0 Å². The molecule has 6 nitrogen and oxygen atoms in total. The first-order chi connectivity index (χ1) is 6.15. The Balaban J connectivity index is 2.32. The monoisotopic (exact) mass is 183 g/mol. The third kappa shape index (κ3) is 2.16. The van der Waals surface area contributed by atoms with Crippen LogP contribution in [-0.2, 0) is 9.59 Å². The molecule has 0 unspecified atom stereocenters. The van der Waals surface area contributed by atoms with Crippen LogP contribution in [0.2, 0.25) is 0 Å². The zero-order valence-corrected chi connectivity index (χ0v) is 6.86. The van der Waals surface area contributed by atoms with Gasteiger partial charge in [0.05, 0.1) is 12.2 Å². The zero-order valence-electron chi connectivity index (χ0n) is 6.86. The number of aliphatic hydroxyl groups excluding tert-OH is 1. The van der Waals surface area contributed by atoms with Gasteiger partial charge in [-0.05, 0) is 0 Å². The lowest BCUT2D eigenvalue weighted by atomic mass is 10.1. The van der Waals surface area contributed by atoms with E-state index >= 15 is 0 Å². The molecule has 1 heterocycles. The number of aliphatic hydroxyl groups is 1. The van der Waals surface area contributed by atoms with E-state index in [0.29, 0.717) is 0 Å². The molecule has 0 bridgehead atoms. The third-order valence-corrected chi connectivity index (χ3v) is 1.67. The maximum atomic E-state index is 11.1. The Kier molecular flexibility index (Phi) is 2.82. The number of amides is 2. The molecular formula is C7H9N3O3. The maximum Gasteiger partial charge on any atom is 0.312 e. The second kappa shape index (κ2) is 3.87. The van der Waals surface area contributed by atoms with Gasteiger partial charge >= 0.3 is 11.8 Å². The predicted molar refractivity (Wildman–Crippen MR) is 41.2 cm³/mol. The van der Waals surface area contributed by atoms with Crippen LogP contribution in [0, 0.1) is 11.3 Å². The van der Waals surface area contributed by atoms with Crippen LogP contribution in [0.1, 0.15) is 0 Å². The Bertz CT molecular complexity index is 265. The summed E-state index contributed by atoms with van der Waals surface area (Å²) < 4.78 is 0. The van der Waals surface area contributed by atoms with E-state index in [1.54, 1.807) is 6.07 Å². The van der Waals surface area contributed by atoms with E-state index in [-0.39, 0.29) is 19.6 Å². The lowest BCUT2D eigenvalue weighted by Crippen LogP contribution is -2.57. The van der Waals surface area contributed by atoms with Crippen LogP contribution in [0.3, 0.4) is 0 Å². The molecular weight excluding hydrogens is 174 g/mol. The molecule has 0 spiro atoms. The molecule has 0 aromatic carbocycles. The van der Waals surface area contributed by atoms with Gasteiger partial charge < -0.3 is 15.3 Å². The molecule has 13 heavy (non-hydrogen) atoms. The van der Waals surface area contributed by atoms with Crippen molar-refractivity contribution < 1.29 is 14.7 Å². The molecule has 1 rings (SSSR count). The van der Waals surface area contributed by atoms with Crippen molar-refractivity contribution in [2.24, 2.45) is 0 Å². The number of carbonyl (C=O) groups is 2. The largest absolute Gasteiger partial charge is 0.389 e. The molecule has 70 valence electrons. The lowest BCUT2D eigenvalue weighted by molar-refractivity contribution is -0.152. The first kappa shape index (κ1) is 9.48. The molecule has 1 aliphatic heterocycles. The van der Waals surface area contributed by atoms with Crippen LogP contribution in [0.15, 0.2) is 0 Å². The highest BCUT2D eigenvalue weighted by molar-refractivity contribution is 6.35. The SMILES string of the molecule is N#CCNC(=O)C(=O)N1CC(O)C1. The second-order valence-electron chi connectivity index (χ2n) is 2.70. The Morgan fingerprint density at radius 1 is 1.62 bits per heavy atom. The summed E-state index contributed by atoms with van der Waals surface area (Å²) in [5, 5.41) is 19.1. The highest BCUT2D eigenvalue weighted by atomic mass is 16.3. The van der Waals surface area contributed by atoms with E-state index in [1.165, 1.54) is 4.90 Å². The van der Waals surface area contributed by atoms with E-state index in [9.17, 15) is 9.59 Å². The number of likely N-dealkylation sites (tertiary alicyclic amines) is 1. The Labute approximate surface area is 74.7 Å². The Morgan fingerprint density at radius 3 is 2.69 bits per heavy atom. The average molecular weight is 183 g/mol. The highest BCUT2D eigenvalue weighted by Crippen LogP contribution is 2.06. The fourth-order valence-electron chi connectivity index (χ4n) is 0.960. The quantitative estimate of drug-likeness (QED) is 0.357. The number of nitrogens with one attached hydrogen (secondary N) is 1. The second-order valence-corrected chi connectivity index (χ2v) is 2.70. The number of carbonyl (C=O) groups excluding carboxylic acids is 2. The van der Waals surface area contributed by atoms with E-state index < -0.39 is 17.9 Å². The van der Waals surface area contributed by atoms with Crippen LogP contribution in [-0.4, -0.2) is 47.6 Å². The standard InChI is InChI=1S/C7H9N3O3/c8-1-2-9-6(12)7(13)10-3-5(11)4-10/h5,11H,2-4H2,(H,9,12). The van der Waals surface area contributed by atoms with Crippen LogP contribution in [0.5, 0.6) is 0 Å². The number of nitrogens with zero attached hydrogens (tertiary/aromatic N) is 2. The molecule has 6 heteroatoms. The summed E-state index contributed by atoms with van der Waals surface area (Å²) in [6, 6.07) is 1.69. The zero-order chi connectivity index (χ0) is 9.84. The highest BCUT2D eigenvalue weighted by Gasteiger charge is 2.32. The average Bonchev–Trinajstić information content (AvgIpc) is 2.07. The Morgan fingerprint density at radius 2 is 2.23 bits per heavy atom. The summed E-state index contributed by atoms with van der Waals surface area (Å²) in [6.07, 6.45) is -0.521. The molecule has 0 atom stereocenters. The van der Waals surface area contributed by atoms with Gasteiger partial charge in [-0.3, -0.25) is 9.59 Å². The van der Waals surface area contributed by atoms with Crippen LogP contribution in [0.4, 0.5) is 0 Å². The van der Waals surface area contributed by atoms with E-state index in [0.717, 1.165) is 0 Å². The van der Waals surface area contributed by atoms with Crippen molar-refractivity contribution in [2.75, 3.05) is 19.6 Å². The molecule has 0 radical (unpaired) electrons. The predicted octanol–water partition coefficient (Wildman–Crippen LogP) is -2.17. The van der Waals surface area contributed by atoms with E-state index in [2.05, 4.69) is 5.32 Å². The molecule has 0 saturated carbocycles. The minimum Gasteiger partial charge on any atom is -0.389 e. The van der Waals surface area contributed by atoms with Gasteiger partial charge in [0.1, 0.15) is 6.54 Å². The van der Waals surface area contributed by atoms with Gasteiger partial charge in [-0.15, -0.1) is 0 Å². The van der Waals surface area contributed by atoms with Crippen LogP contribution in [0.25, 0.3) is 0 Å². The van der Waals surface area contributed by atoms with Crippen molar-refractivity contribution in [1.82, 2.24) is 10.2 Å². The fourth-order valence-corrected chi connectivity index (χ4v) is 0.960. The van der Waals surface area contributed by atoms with Crippen molar-refractivity contribution in [2.45, 2.75) is 6.10 Å². The van der Waals surface area contributed by atoms with Gasteiger partial charge in [0.2, 0.25) is 0 Å². The molecule has 1 aliphatic rings. The molecule has 0 aromatic heterocycles. The fraction of sp³-hybridized carbons (Fsp3) is 0.571. The normalized spacial score (nSPS) is 15.8. The Hall–Kier alpha value is -1.61. The number of rotatable bonds is 1. The smallest absolute Gasteiger partial charge is 0.312 e. The summed E-state index contributed by atoms with van der Waals surface area (Å²) in [5.74, 6) is -1.49. The summed E-state index contributed by atoms with van der Waals surface area (Å²) in [7, 11) is 0. The summed E-state index contributed by atoms with van der Waals surface area (Å²) >= 11 is 0. The van der Waals surface area contributed by atoms with E-state index in [1.807, 2.05) is 0 Å². The number of hydrogen-bond acceptors (Lipinski definition) is 4. The van der Waals surface area contributed by atoms with Gasteiger partial charge in [-0.25, -0.2) is 0 Å². The van der Waals surface area contributed by atoms with Crippen molar-refractivity contribution >= 4 is 11.8 Å². The molecule has 2 amide bonds. The number of nitriles is 1. The van der Waals surface area contributed by atoms with Crippen LogP contribution < -0.4 is 5.32 Å². The van der Waals surface area contributed by atoms with Gasteiger partial charge in [-0.1, -0.05) is 0 Å². The van der Waals surface area contributed by atoms with Gasteiger partial charge in [0.15, 0.2) is 0 Å².